The maximum Gasteiger partial charge on any atom is 0.337 e. The van der Waals surface area contributed by atoms with E-state index in [0.717, 1.165) is 0 Å². The third-order valence-electron chi connectivity index (χ3n) is 2.29. The third kappa shape index (κ3) is 3.10. The molecular formula is C12H9ClN2O3S. The fraction of sp³-hybridized carbons (Fsp3) is 0.0833. The zero-order valence-electron chi connectivity index (χ0n) is 9.84. The van der Waals surface area contributed by atoms with Crippen LogP contribution in [0.1, 0.15) is 20.0 Å². The summed E-state index contributed by atoms with van der Waals surface area (Å²) in [6.07, 6.45) is 1.46. The summed E-state index contributed by atoms with van der Waals surface area (Å²) in [6, 6.07) is 4.51. The molecule has 0 radical (unpaired) electrons. The maximum atomic E-state index is 11.9. The Hall–Kier alpha value is -1.92. The van der Waals surface area contributed by atoms with Crippen LogP contribution in [-0.4, -0.2) is 24.0 Å². The van der Waals surface area contributed by atoms with E-state index in [4.69, 9.17) is 11.6 Å². The van der Waals surface area contributed by atoms with Gasteiger partial charge in [-0.15, -0.1) is 11.3 Å². The van der Waals surface area contributed by atoms with Gasteiger partial charge >= 0.3 is 5.97 Å². The monoisotopic (exact) mass is 296 g/mol. The highest BCUT2D eigenvalue weighted by Gasteiger charge is 2.13. The molecule has 0 fully saturated rings. The van der Waals surface area contributed by atoms with E-state index in [2.05, 4.69) is 15.0 Å². The van der Waals surface area contributed by atoms with E-state index in [0.29, 0.717) is 21.2 Å². The standard InChI is InChI=1S/C12H9ClN2O3S/c1-18-12(17)7-2-3-8(13)9(4-7)15-11(16)10-5-14-6-19-10/h2-6H,1H3,(H,15,16). The first-order valence-electron chi connectivity index (χ1n) is 5.19. The molecule has 1 aromatic heterocycles. The number of methoxy groups -OCH3 is 1. The highest BCUT2D eigenvalue weighted by Crippen LogP contribution is 2.24. The van der Waals surface area contributed by atoms with Crippen molar-refractivity contribution in [1.29, 1.82) is 0 Å². The molecular weight excluding hydrogens is 288 g/mol. The van der Waals surface area contributed by atoms with Gasteiger partial charge in [0.1, 0.15) is 4.88 Å². The van der Waals surface area contributed by atoms with E-state index in [-0.39, 0.29) is 5.91 Å². The quantitative estimate of drug-likeness (QED) is 0.884. The molecule has 2 aromatic rings. The van der Waals surface area contributed by atoms with Gasteiger partial charge in [-0.3, -0.25) is 9.78 Å². The molecule has 1 N–H and O–H groups in total. The van der Waals surface area contributed by atoms with Gasteiger partial charge in [0, 0.05) is 0 Å². The summed E-state index contributed by atoms with van der Waals surface area (Å²) in [5, 5.41) is 2.96. The van der Waals surface area contributed by atoms with Crippen molar-refractivity contribution in [3.05, 3.63) is 45.4 Å². The first kappa shape index (κ1) is 13.5. The summed E-state index contributed by atoms with van der Waals surface area (Å²) < 4.78 is 4.61. The molecule has 0 bridgehead atoms. The zero-order chi connectivity index (χ0) is 13.8. The second-order valence-electron chi connectivity index (χ2n) is 3.51. The molecule has 0 spiro atoms. The van der Waals surface area contributed by atoms with Crippen LogP contribution in [0.2, 0.25) is 5.02 Å². The smallest absolute Gasteiger partial charge is 0.337 e. The van der Waals surface area contributed by atoms with E-state index in [9.17, 15) is 9.59 Å². The number of benzene rings is 1. The minimum Gasteiger partial charge on any atom is -0.465 e. The number of carbonyl (C=O) groups excluding carboxylic acids is 2. The molecule has 0 unspecified atom stereocenters. The van der Waals surface area contributed by atoms with Crippen molar-refractivity contribution >= 4 is 40.5 Å². The van der Waals surface area contributed by atoms with E-state index >= 15 is 0 Å². The topological polar surface area (TPSA) is 68.3 Å². The fourth-order valence-electron chi connectivity index (χ4n) is 1.38. The second-order valence-corrected chi connectivity index (χ2v) is 4.80. The minimum absolute atomic E-state index is 0.312. The zero-order valence-corrected chi connectivity index (χ0v) is 11.4. The number of anilines is 1. The molecule has 1 heterocycles. The Bertz CT molecular complexity index is 613. The van der Waals surface area contributed by atoms with Gasteiger partial charge in [0.05, 0.1) is 35.1 Å². The molecule has 5 nitrogen and oxygen atoms in total. The Morgan fingerprint density at radius 1 is 1.42 bits per heavy atom. The Kier molecular flexibility index (Phi) is 4.13. The van der Waals surface area contributed by atoms with Gasteiger partial charge in [0.25, 0.3) is 5.91 Å². The van der Waals surface area contributed by atoms with Crippen molar-refractivity contribution in [2.24, 2.45) is 0 Å². The summed E-state index contributed by atoms with van der Waals surface area (Å²) in [5.74, 6) is -0.823. The van der Waals surface area contributed by atoms with Crippen LogP contribution in [-0.2, 0) is 4.74 Å². The molecule has 0 saturated heterocycles. The van der Waals surface area contributed by atoms with Crippen LogP contribution in [0, 0.1) is 0 Å². The average Bonchev–Trinajstić information content (AvgIpc) is 2.94. The van der Waals surface area contributed by atoms with Crippen molar-refractivity contribution < 1.29 is 14.3 Å². The SMILES string of the molecule is COC(=O)c1ccc(Cl)c(NC(=O)c2cncs2)c1. The van der Waals surface area contributed by atoms with Crippen molar-refractivity contribution in [3.63, 3.8) is 0 Å². The predicted octanol–water partition coefficient (Wildman–Crippen LogP) is 2.84. The molecule has 1 amide bonds. The number of esters is 1. The average molecular weight is 297 g/mol. The largest absolute Gasteiger partial charge is 0.465 e. The normalized spacial score (nSPS) is 10.0. The molecule has 98 valence electrons. The lowest BCUT2D eigenvalue weighted by Crippen LogP contribution is -2.11. The molecule has 0 saturated carbocycles. The fourth-order valence-corrected chi connectivity index (χ4v) is 2.06. The van der Waals surface area contributed by atoms with Gasteiger partial charge in [-0.1, -0.05) is 11.6 Å². The molecule has 1 aromatic carbocycles. The number of thiazole rings is 1. The van der Waals surface area contributed by atoms with Gasteiger partial charge in [0.2, 0.25) is 0 Å². The number of hydrogen-bond acceptors (Lipinski definition) is 5. The summed E-state index contributed by atoms with van der Waals surface area (Å²) in [5.41, 5.74) is 2.22. The lowest BCUT2D eigenvalue weighted by atomic mass is 10.2. The van der Waals surface area contributed by atoms with Gasteiger partial charge in [0.15, 0.2) is 0 Å². The molecule has 19 heavy (non-hydrogen) atoms. The number of ether oxygens (including phenoxy) is 1. The van der Waals surface area contributed by atoms with Gasteiger partial charge in [-0.05, 0) is 18.2 Å². The lowest BCUT2D eigenvalue weighted by molar-refractivity contribution is 0.0600. The van der Waals surface area contributed by atoms with Gasteiger partial charge in [-0.2, -0.15) is 0 Å². The van der Waals surface area contributed by atoms with Gasteiger partial charge < -0.3 is 10.1 Å². The first-order chi connectivity index (χ1) is 9.11. The van der Waals surface area contributed by atoms with Crippen LogP contribution < -0.4 is 5.32 Å². The molecule has 0 atom stereocenters. The summed E-state index contributed by atoms with van der Waals surface area (Å²) in [4.78, 5) is 27.5. The molecule has 0 aliphatic rings. The molecule has 2 rings (SSSR count). The van der Waals surface area contributed by atoms with Crippen LogP contribution >= 0.6 is 22.9 Å². The number of nitrogens with zero attached hydrogens (tertiary/aromatic N) is 1. The van der Waals surface area contributed by atoms with Crippen molar-refractivity contribution in [2.75, 3.05) is 12.4 Å². The van der Waals surface area contributed by atoms with Crippen LogP contribution in [0.25, 0.3) is 0 Å². The lowest BCUT2D eigenvalue weighted by Gasteiger charge is -2.07. The Morgan fingerprint density at radius 2 is 2.21 bits per heavy atom. The number of rotatable bonds is 3. The maximum absolute atomic E-state index is 11.9. The number of aromatic nitrogens is 1. The summed E-state index contributed by atoms with van der Waals surface area (Å²) >= 11 is 7.18. The van der Waals surface area contributed by atoms with Gasteiger partial charge in [-0.25, -0.2) is 4.79 Å². The van der Waals surface area contributed by atoms with Crippen molar-refractivity contribution in [3.8, 4) is 0 Å². The van der Waals surface area contributed by atoms with E-state index in [1.165, 1.54) is 42.8 Å². The highest BCUT2D eigenvalue weighted by molar-refractivity contribution is 7.11. The van der Waals surface area contributed by atoms with Crippen molar-refractivity contribution in [2.45, 2.75) is 0 Å². The number of nitrogens with one attached hydrogen (secondary N) is 1. The Morgan fingerprint density at radius 3 is 2.84 bits per heavy atom. The second kappa shape index (κ2) is 5.81. The number of amides is 1. The van der Waals surface area contributed by atoms with Crippen LogP contribution in [0.15, 0.2) is 29.9 Å². The Labute approximate surface area is 118 Å². The number of carbonyl (C=O) groups is 2. The van der Waals surface area contributed by atoms with Crippen LogP contribution in [0.3, 0.4) is 0 Å². The van der Waals surface area contributed by atoms with E-state index in [1.54, 1.807) is 5.51 Å². The van der Waals surface area contributed by atoms with Crippen LogP contribution in [0.5, 0.6) is 0 Å². The first-order valence-corrected chi connectivity index (χ1v) is 6.45. The molecule has 0 aliphatic carbocycles. The van der Waals surface area contributed by atoms with E-state index in [1.807, 2.05) is 0 Å². The summed E-state index contributed by atoms with van der Waals surface area (Å²) in [7, 11) is 1.28. The molecule has 0 aliphatic heterocycles. The predicted molar refractivity (Wildman–Crippen MR) is 72.9 cm³/mol. The summed E-state index contributed by atoms with van der Waals surface area (Å²) in [6.45, 7) is 0. The number of hydrogen-bond donors (Lipinski definition) is 1. The van der Waals surface area contributed by atoms with Crippen LogP contribution in [0.4, 0.5) is 5.69 Å². The van der Waals surface area contributed by atoms with E-state index < -0.39 is 5.97 Å². The Balaban J connectivity index is 2.24. The minimum atomic E-state index is -0.495. The van der Waals surface area contributed by atoms with Crippen molar-refractivity contribution in [1.82, 2.24) is 4.98 Å². The highest BCUT2D eigenvalue weighted by atomic mass is 35.5. The number of halogens is 1. The molecule has 7 heteroatoms. The third-order valence-corrected chi connectivity index (χ3v) is 3.39.